The number of aromatic nitrogens is 3. The number of benzene rings is 2. The predicted octanol–water partition coefficient (Wildman–Crippen LogP) is 4.29. The molecule has 1 aliphatic heterocycles. The summed E-state index contributed by atoms with van der Waals surface area (Å²) in [6.45, 7) is -0.0935. The van der Waals surface area contributed by atoms with Gasteiger partial charge in [-0.25, -0.2) is 0 Å². The van der Waals surface area contributed by atoms with Crippen molar-refractivity contribution in [3.8, 4) is 0 Å². The third kappa shape index (κ3) is 3.37. The summed E-state index contributed by atoms with van der Waals surface area (Å²) in [5.41, 5.74) is 0.887. The van der Waals surface area contributed by atoms with Gasteiger partial charge >= 0.3 is 6.18 Å². The van der Waals surface area contributed by atoms with Crippen LogP contribution in [0.3, 0.4) is 0 Å². The van der Waals surface area contributed by atoms with E-state index in [-0.39, 0.29) is 17.7 Å². The second-order valence-electron chi connectivity index (χ2n) is 6.40. The van der Waals surface area contributed by atoms with Gasteiger partial charge in [-0.3, -0.25) is 4.79 Å². The van der Waals surface area contributed by atoms with Crippen LogP contribution < -0.4 is 4.90 Å². The van der Waals surface area contributed by atoms with Gasteiger partial charge in [0.25, 0.3) is 5.91 Å². The van der Waals surface area contributed by atoms with E-state index in [1.165, 1.54) is 28.8 Å². The van der Waals surface area contributed by atoms with Crippen molar-refractivity contribution < 1.29 is 18.0 Å². The van der Waals surface area contributed by atoms with Crippen molar-refractivity contribution in [3.05, 3.63) is 71.0 Å². The molecule has 4 rings (SSSR count). The zero-order valence-corrected chi connectivity index (χ0v) is 15.6. The molecule has 9 heteroatoms. The fourth-order valence-electron chi connectivity index (χ4n) is 3.17. The zero-order valence-electron chi connectivity index (χ0n) is 14.8. The molecule has 0 atom stereocenters. The molecule has 0 radical (unpaired) electrons. The van der Waals surface area contributed by atoms with E-state index in [0.717, 1.165) is 16.8 Å². The summed E-state index contributed by atoms with van der Waals surface area (Å²) >= 11 is 1.49. The molecule has 0 saturated heterocycles. The number of nitrogens with zero attached hydrogens (tertiary/aromatic N) is 4. The Morgan fingerprint density at radius 1 is 1.18 bits per heavy atom. The summed E-state index contributed by atoms with van der Waals surface area (Å²) in [4.78, 5) is 14.1. The van der Waals surface area contributed by atoms with E-state index in [9.17, 15) is 18.0 Å². The molecular weight excluding hydrogens is 389 g/mol. The van der Waals surface area contributed by atoms with Gasteiger partial charge in [-0.1, -0.05) is 30.0 Å². The van der Waals surface area contributed by atoms with E-state index < -0.39 is 17.6 Å². The van der Waals surface area contributed by atoms with Crippen molar-refractivity contribution in [2.75, 3.05) is 4.90 Å². The number of fused-ring (bicyclic) bond motifs is 1. The van der Waals surface area contributed by atoms with Crippen LogP contribution in [0.2, 0.25) is 0 Å². The van der Waals surface area contributed by atoms with E-state index >= 15 is 0 Å². The number of carbonyl (C=O) groups excluding carboxylic acids is 1. The van der Waals surface area contributed by atoms with E-state index in [2.05, 4.69) is 10.2 Å². The fraction of sp³-hybridized carbons (Fsp3) is 0.211. The second-order valence-corrected chi connectivity index (χ2v) is 7.35. The molecule has 0 N–H and O–H groups in total. The van der Waals surface area contributed by atoms with Crippen LogP contribution in [0.5, 0.6) is 0 Å². The molecule has 5 nitrogen and oxygen atoms in total. The lowest BCUT2D eigenvalue weighted by molar-refractivity contribution is -0.138. The van der Waals surface area contributed by atoms with Crippen molar-refractivity contribution in [3.63, 3.8) is 0 Å². The van der Waals surface area contributed by atoms with Crippen LogP contribution in [0, 0.1) is 0 Å². The fourth-order valence-corrected chi connectivity index (χ4v) is 4.00. The minimum absolute atomic E-state index is 0.0267. The first-order valence-electron chi connectivity index (χ1n) is 8.41. The highest BCUT2D eigenvalue weighted by Crippen LogP contribution is 2.38. The molecule has 0 bridgehead atoms. The molecule has 2 aromatic carbocycles. The molecule has 0 fully saturated rings. The first-order valence-corrected chi connectivity index (χ1v) is 9.40. The van der Waals surface area contributed by atoms with Crippen LogP contribution in [0.4, 0.5) is 18.9 Å². The maximum atomic E-state index is 13.3. The Morgan fingerprint density at radius 3 is 2.68 bits per heavy atom. The van der Waals surface area contributed by atoms with Gasteiger partial charge in [-0.15, -0.1) is 10.2 Å². The van der Waals surface area contributed by atoms with Crippen LogP contribution in [-0.4, -0.2) is 20.7 Å². The summed E-state index contributed by atoms with van der Waals surface area (Å²) in [6, 6.07) is 11.0. The molecule has 1 amide bonds. The Balaban J connectivity index is 1.58. The van der Waals surface area contributed by atoms with Gasteiger partial charge in [-0.2, -0.15) is 13.2 Å². The number of rotatable bonds is 4. The third-order valence-corrected chi connectivity index (χ3v) is 5.64. The summed E-state index contributed by atoms with van der Waals surface area (Å²) in [5.74, 6) is 0.183. The van der Waals surface area contributed by atoms with Gasteiger partial charge in [0.05, 0.1) is 12.1 Å². The lowest BCUT2D eigenvalue weighted by Crippen LogP contribution is -2.23. The minimum Gasteiger partial charge on any atom is -0.312 e. The van der Waals surface area contributed by atoms with E-state index in [1.54, 1.807) is 23.0 Å². The van der Waals surface area contributed by atoms with Gasteiger partial charge in [0.15, 0.2) is 5.16 Å². The Morgan fingerprint density at radius 2 is 1.96 bits per heavy atom. The molecule has 144 valence electrons. The van der Waals surface area contributed by atoms with Gasteiger partial charge in [-0.05, 0) is 35.4 Å². The molecule has 2 heterocycles. The van der Waals surface area contributed by atoms with Crippen molar-refractivity contribution >= 4 is 23.4 Å². The van der Waals surface area contributed by atoms with Crippen LogP contribution >= 0.6 is 11.8 Å². The quantitative estimate of drug-likeness (QED) is 0.609. The Bertz CT molecular complexity index is 1050. The number of anilines is 1. The lowest BCUT2D eigenvalue weighted by atomic mass is 10.0. The van der Waals surface area contributed by atoms with E-state index in [4.69, 9.17) is 0 Å². The number of aryl methyl sites for hydroxylation is 1. The van der Waals surface area contributed by atoms with Gasteiger partial charge in [0.2, 0.25) is 0 Å². The average Bonchev–Trinajstić information content (AvgIpc) is 3.22. The number of hydrogen-bond acceptors (Lipinski definition) is 4. The average molecular weight is 404 g/mol. The molecular formula is C19H15F3N4OS. The topological polar surface area (TPSA) is 51.0 Å². The first kappa shape index (κ1) is 18.5. The van der Waals surface area contributed by atoms with Crippen LogP contribution in [0.15, 0.2) is 53.9 Å². The molecule has 28 heavy (non-hydrogen) atoms. The largest absolute Gasteiger partial charge is 0.416 e. The summed E-state index contributed by atoms with van der Waals surface area (Å²) < 4.78 is 41.7. The van der Waals surface area contributed by atoms with Crippen LogP contribution in [-0.2, 0) is 25.5 Å². The smallest absolute Gasteiger partial charge is 0.312 e. The van der Waals surface area contributed by atoms with Crippen LogP contribution in [0.1, 0.15) is 27.0 Å². The normalized spacial score (nSPS) is 13.9. The van der Waals surface area contributed by atoms with Crippen molar-refractivity contribution in [2.24, 2.45) is 7.05 Å². The zero-order chi connectivity index (χ0) is 19.9. The highest BCUT2D eigenvalue weighted by Gasteiger charge is 2.39. The van der Waals surface area contributed by atoms with Gasteiger partial charge in [0, 0.05) is 24.1 Å². The van der Waals surface area contributed by atoms with Crippen molar-refractivity contribution in [2.45, 2.75) is 23.6 Å². The molecule has 0 aliphatic carbocycles. The van der Waals surface area contributed by atoms with Crippen molar-refractivity contribution in [1.82, 2.24) is 14.8 Å². The van der Waals surface area contributed by atoms with Gasteiger partial charge in [0.1, 0.15) is 6.33 Å². The molecule has 1 aromatic heterocycles. The van der Waals surface area contributed by atoms with E-state index in [0.29, 0.717) is 11.4 Å². The Kier molecular flexibility index (Phi) is 4.62. The first-order chi connectivity index (χ1) is 13.3. The number of carbonyl (C=O) groups is 1. The number of hydrogen-bond donors (Lipinski definition) is 0. The summed E-state index contributed by atoms with van der Waals surface area (Å²) in [5, 5.41) is 8.58. The molecule has 0 spiro atoms. The lowest BCUT2D eigenvalue weighted by Gasteiger charge is -2.17. The predicted molar refractivity (Wildman–Crippen MR) is 99.0 cm³/mol. The third-order valence-electron chi connectivity index (χ3n) is 4.53. The second kappa shape index (κ2) is 6.97. The number of thioether (sulfide) groups is 1. The molecule has 1 aliphatic rings. The van der Waals surface area contributed by atoms with Crippen LogP contribution in [0.25, 0.3) is 0 Å². The number of alkyl halides is 3. The Labute approximate surface area is 163 Å². The SMILES string of the molecule is Cn1cnnc1SCc1cccc(N2Cc3c(cccc3C(F)(F)F)C2=O)c1. The van der Waals surface area contributed by atoms with Gasteiger partial charge < -0.3 is 9.47 Å². The standard InChI is InChI=1S/C19H15F3N4OS/c1-25-11-23-24-18(25)28-10-12-4-2-5-13(8-12)26-9-15-14(17(26)27)6-3-7-16(15)19(20,21)22/h2-8,11H,9-10H2,1H3. The highest BCUT2D eigenvalue weighted by molar-refractivity contribution is 7.98. The molecule has 0 unspecified atom stereocenters. The maximum absolute atomic E-state index is 13.3. The number of halogens is 3. The summed E-state index contributed by atoms with van der Waals surface area (Å²) in [7, 11) is 1.84. The van der Waals surface area contributed by atoms with E-state index in [1.807, 2.05) is 19.2 Å². The number of amides is 1. The Hall–Kier alpha value is -2.81. The maximum Gasteiger partial charge on any atom is 0.416 e. The molecule has 3 aromatic rings. The highest BCUT2D eigenvalue weighted by atomic mass is 32.2. The summed E-state index contributed by atoms with van der Waals surface area (Å²) in [6.07, 6.45) is -2.88. The monoisotopic (exact) mass is 404 g/mol. The minimum atomic E-state index is -4.49. The van der Waals surface area contributed by atoms with Crippen molar-refractivity contribution in [1.29, 1.82) is 0 Å². The molecule has 0 saturated carbocycles.